The summed E-state index contributed by atoms with van der Waals surface area (Å²) in [5, 5.41) is 12.6. The highest BCUT2D eigenvalue weighted by Gasteiger charge is 2.14. The summed E-state index contributed by atoms with van der Waals surface area (Å²) in [5.41, 5.74) is 4.32. The van der Waals surface area contributed by atoms with Crippen LogP contribution in [-0.2, 0) is 6.42 Å². The van der Waals surface area contributed by atoms with Gasteiger partial charge in [0.1, 0.15) is 0 Å². The van der Waals surface area contributed by atoms with Crippen LogP contribution in [0.3, 0.4) is 0 Å². The summed E-state index contributed by atoms with van der Waals surface area (Å²) in [6, 6.07) is 2.70. The van der Waals surface area contributed by atoms with Gasteiger partial charge in [0.2, 0.25) is 0 Å². The highest BCUT2D eigenvalue weighted by molar-refractivity contribution is 7.08. The van der Waals surface area contributed by atoms with E-state index in [4.69, 9.17) is 0 Å². The molecule has 2 heterocycles. The molecule has 0 fully saturated rings. The third-order valence-corrected chi connectivity index (χ3v) is 4.54. The third kappa shape index (κ3) is 3.41. The zero-order chi connectivity index (χ0) is 12.1. The third-order valence-electron chi connectivity index (χ3n) is 2.93. The predicted octanol–water partition coefficient (Wildman–Crippen LogP) is 4.40. The van der Waals surface area contributed by atoms with E-state index >= 15 is 0 Å². The van der Waals surface area contributed by atoms with E-state index in [1.807, 2.05) is 0 Å². The van der Waals surface area contributed by atoms with Crippen molar-refractivity contribution in [2.45, 2.75) is 32.7 Å². The van der Waals surface area contributed by atoms with Crippen molar-refractivity contribution >= 4 is 22.7 Å². The van der Waals surface area contributed by atoms with E-state index in [0.29, 0.717) is 6.04 Å². The molecule has 1 unspecified atom stereocenters. The van der Waals surface area contributed by atoms with Crippen LogP contribution >= 0.6 is 22.7 Å². The van der Waals surface area contributed by atoms with Crippen LogP contribution in [0, 0.1) is 6.92 Å². The Hall–Kier alpha value is -0.640. The van der Waals surface area contributed by atoms with Gasteiger partial charge in [-0.25, -0.2) is 0 Å². The van der Waals surface area contributed by atoms with Gasteiger partial charge < -0.3 is 5.32 Å². The first kappa shape index (κ1) is 12.8. The van der Waals surface area contributed by atoms with Gasteiger partial charge >= 0.3 is 0 Å². The molecule has 0 aliphatic heterocycles. The van der Waals surface area contributed by atoms with E-state index in [-0.39, 0.29) is 0 Å². The zero-order valence-electron chi connectivity index (χ0n) is 10.4. The van der Waals surface area contributed by atoms with Gasteiger partial charge in [0.25, 0.3) is 0 Å². The molecule has 1 nitrogen and oxygen atoms in total. The second-order valence-corrected chi connectivity index (χ2v) is 5.88. The minimum absolute atomic E-state index is 0.468. The van der Waals surface area contributed by atoms with Crippen molar-refractivity contribution < 1.29 is 0 Å². The normalized spacial score (nSPS) is 12.8. The second-order valence-electron chi connectivity index (χ2n) is 4.35. The molecule has 0 saturated carbocycles. The standard InChI is InChI=1S/C14H19NS2/c1-3-5-15-14(7-12-4-6-16-9-12)13-10-17-8-11(13)2/h4,6,8-10,14-15H,3,5,7H2,1-2H3. The molecule has 2 rings (SSSR count). The molecule has 0 spiro atoms. The van der Waals surface area contributed by atoms with Crippen LogP contribution < -0.4 is 5.32 Å². The molecule has 0 saturated heterocycles. The Bertz CT molecular complexity index is 431. The number of thiophene rings is 2. The molecular formula is C14H19NS2. The lowest BCUT2D eigenvalue weighted by Gasteiger charge is -2.18. The first-order chi connectivity index (χ1) is 8.31. The zero-order valence-corrected chi connectivity index (χ0v) is 12.0. The molecule has 2 aromatic rings. The molecule has 1 N–H and O–H groups in total. The maximum atomic E-state index is 3.66. The maximum absolute atomic E-state index is 3.66. The Balaban J connectivity index is 2.11. The smallest absolute Gasteiger partial charge is 0.0372 e. The van der Waals surface area contributed by atoms with Crippen molar-refractivity contribution in [3.05, 3.63) is 44.3 Å². The Labute approximate surface area is 112 Å². The van der Waals surface area contributed by atoms with Gasteiger partial charge in [-0.2, -0.15) is 22.7 Å². The molecule has 0 amide bonds. The van der Waals surface area contributed by atoms with Crippen LogP contribution in [-0.4, -0.2) is 6.54 Å². The molecule has 0 aromatic carbocycles. The number of aryl methyl sites for hydroxylation is 1. The van der Waals surface area contributed by atoms with E-state index in [0.717, 1.165) is 13.0 Å². The minimum atomic E-state index is 0.468. The van der Waals surface area contributed by atoms with Crippen LogP contribution in [0.4, 0.5) is 0 Å². The molecule has 0 radical (unpaired) electrons. The Kier molecular flexibility index (Phi) is 4.77. The van der Waals surface area contributed by atoms with Gasteiger partial charge in [0.15, 0.2) is 0 Å². The fourth-order valence-corrected chi connectivity index (χ4v) is 3.57. The Morgan fingerprint density at radius 3 is 2.71 bits per heavy atom. The first-order valence-electron chi connectivity index (χ1n) is 6.08. The van der Waals surface area contributed by atoms with E-state index in [2.05, 4.69) is 46.8 Å². The van der Waals surface area contributed by atoms with Gasteiger partial charge in [0, 0.05) is 6.04 Å². The molecule has 3 heteroatoms. The van der Waals surface area contributed by atoms with Crippen LogP contribution in [0.2, 0.25) is 0 Å². The minimum Gasteiger partial charge on any atom is -0.310 e. The van der Waals surface area contributed by atoms with Crippen molar-refractivity contribution in [3.63, 3.8) is 0 Å². The highest BCUT2D eigenvalue weighted by atomic mass is 32.1. The number of hydrogen-bond donors (Lipinski definition) is 1. The summed E-state index contributed by atoms with van der Waals surface area (Å²) in [6.45, 7) is 5.51. The molecule has 1 atom stereocenters. The largest absolute Gasteiger partial charge is 0.310 e. The van der Waals surface area contributed by atoms with Crippen LogP contribution in [0.5, 0.6) is 0 Å². The Morgan fingerprint density at radius 1 is 1.24 bits per heavy atom. The van der Waals surface area contributed by atoms with Gasteiger partial charge in [0.05, 0.1) is 0 Å². The molecule has 0 aliphatic carbocycles. The number of rotatable bonds is 6. The van der Waals surface area contributed by atoms with Gasteiger partial charge in [-0.15, -0.1) is 0 Å². The average molecular weight is 265 g/mol. The van der Waals surface area contributed by atoms with Gasteiger partial charge in [-0.05, 0) is 70.6 Å². The van der Waals surface area contributed by atoms with Crippen molar-refractivity contribution in [2.75, 3.05) is 6.54 Å². The van der Waals surface area contributed by atoms with E-state index < -0.39 is 0 Å². The average Bonchev–Trinajstić information content (AvgIpc) is 2.95. The maximum Gasteiger partial charge on any atom is 0.0372 e. The molecule has 2 aromatic heterocycles. The highest BCUT2D eigenvalue weighted by Crippen LogP contribution is 2.25. The number of hydrogen-bond acceptors (Lipinski definition) is 3. The van der Waals surface area contributed by atoms with Crippen molar-refractivity contribution in [3.8, 4) is 0 Å². The van der Waals surface area contributed by atoms with Crippen molar-refractivity contribution in [1.82, 2.24) is 5.32 Å². The molecule has 0 aliphatic rings. The monoisotopic (exact) mass is 265 g/mol. The van der Waals surface area contributed by atoms with Crippen molar-refractivity contribution in [1.29, 1.82) is 0 Å². The Morgan fingerprint density at radius 2 is 2.12 bits per heavy atom. The SMILES string of the molecule is CCCNC(Cc1ccsc1)c1cscc1C. The second kappa shape index (κ2) is 6.34. The lowest BCUT2D eigenvalue weighted by Crippen LogP contribution is -2.24. The fourth-order valence-electron chi connectivity index (χ4n) is 1.98. The van der Waals surface area contributed by atoms with Crippen LogP contribution in [0.1, 0.15) is 36.1 Å². The summed E-state index contributed by atoms with van der Waals surface area (Å²) in [4.78, 5) is 0. The summed E-state index contributed by atoms with van der Waals surface area (Å²) < 4.78 is 0. The fraction of sp³-hybridized carbons (Fsp3) is 0.429. The van der Waals surface area contributed by atoms with Crippen LogP contribution in [0.25, 0.3) is 0 Å². The van der Waals surface area contributed by atoms with Gasteiger partial charge in [-0.1, -0.05) is 6.92 Å². The summed E-state index contributed by atoms with van der Waals surface area (Å²) in [5.74, 6) is 0. The lowest BCUT2D eigenvalue weighted by molar-refractivity contribution is 0.529. The molecular weight excluding hydrogens is 246 g/mol. The van der Waals surface area contributed by atoms with Gasteiger partial charge in [-0.3, -0.25) is 0 Å². The lowest BCUT2D eigenvalue weighted by atomic mass is 10.0. The van der Waals surface area contributed by atoms with E-state index in [1.165, 1.54) is 23.1 Å². The number of nitrogens with one attached hydrogen (secondary N) is 1. The summed E-state index contributed by atoms with van der Waals surface area (Å²) in [6.07, 6.45) is 2.28. The molecule has 0 bridgehead atoms. The van der Waals surface area contributed by atoms with E-state index in [9.17, 15) is 0 Å². The van der Waals surface area contributed by atoms with E-state index in [1.54, 1.807) is 22.7 Å². The topological polar surface area (TPSA) is 12.0 Å². The summed E-state index contributed by atoms with van der Waals surface area (Å²) in [7, 11) is 0. The molecule has 92 valence electrons. The molecule has 17 heavy (non-hydrogen) atoms. The quantitative estimate of drug-likeness (QED) is 0.816. The van der Waals surface area contributed by atoms with Crippen molar-refractivity contribution in [2.24, 2.45) is 0 Å². The predicted molar refractivity (Wildman–Crippen MR) is 78.1 cm³/mol. The summed E-state index contributed by atoms with van der Waals surface area (Å²) >= 11 is 3.58. The first-order valence-corrected chi connectivity index (χ1v) is 7.97. The van der Waals surface area contributed by atoms with Crippen LogP contribution in [0.15, 0.2) is 27.6 Å².